The van der Waals surface area contributed by atoms with Gasteiger partial charge in [-0.1, -0.05) is 30.3 Å². The van der Waals surface area contributed by atoms with Crippen molar-refractivity contribution in [2.24, 2.45) is 7.05 Å². The first-order valence-corrected chi connectivity index (χ1v) is 7.88. The number of amides is 2. The number of nitrogens with one attached hydrogen (secondary N) is 2. The van der Waals surface area contributed by atoms with Crippen LogP contribution in [0.25, 0.3) is 0 Å². The summed E-state index contributed by atoms with van der Waals surface area (Å²) in [6.45, 7) is 0.140. The Labute approximate surface area is 142 Å². The number of carbonyl (C=O) groups excluding carboxylic acids is 1. The van der Waals surface area contributed by atoms with Crippen molar-refractivity contribution in [2.45, 2.75) is 12.5 Å². The van der Waals surface area contributed by atoms with Gasteiger partial charge >= 0.3 is 6.09 Å². The molecule has 0 aliphatic heterocycles. The van der Waals surface area contributed by atoms with Gasteiger partial charge in [-0.15, -0.1) is 0 Å². The van der Waals surface area contributed by atoms with E-state index < -0.39 is 6.09 Å². The first-order chi connectivity index (χ1) is 11.0. The molecular weight excluding hydrogens is 362 g/mol. The molecule has 122 valence electrons. The molecule has 0 spiro atoms. The van der Waals surface area contributed by atoms with Crippen molar-refractivity contribution in [3.63, 3.8) is 0 Å². The van der Waals surface area contributed by atoms with Gasteiger partial charge in [0.05, 0.1) is 6.04 Å². The van der Waals surface area contributed by atoms with Crippen molar-refractivity contribution in [2.75, 3.05) is 6.54 Å². The maximum absolute atomic E-state index is 12.4. The second-order valence-electron chi connectivity index (χ2n) is 5.20. The third kappa shape index (κ3) is 5.14. The minimum atomic E-state index is -1.11. The molecule has 1 heterocycles. The molecule has 1 aromatic carbocycles. The predicted octanol–water partition coefficient (Wildman–Crippen LogP) is 2.40. The lowest BCUT2D eigenvalue weighted by Crippen LogP contribution is -2.45. The van der Waals surface area contributed by atoms with Crippen LogP contribution in [0, 0.1) is 0 Å². The van der Waals surface area contributed by atoms with Crippen molar-refractivity contribution in [1.29, 1.82) is 0 Å². The zero-order chi connectivity index (χ0) is 16.8. The highest BCUT2D eigenvalue weighted by atomic mass is 79.9. The molecule has 23 heavy (non-hydrogen) atoms. The minimum Gasteiger partial charge on any atom is -0.465 e. The average Bonchev–Trinajstić information content (AvgIpc) is 2.84. The largest absolute Gasteiger partial charge is 0.465 e. The molecule has 1 atom stereocenters. The van der Waals surface area contributed by atoms with Gasteiger partial charge in [-0.25, -0.2) is 4.79 Å². The summed E-state index contributed by atoms with van der Waals surface area (Å²) in [4.78, 5) is 23.1. The van der Waals surface area contributed by atoms with Crippen LogP contribution in [-0.2, 0) is 13.5 Å². The molecule has 6 nitrogen and oxygen atoms in total. The van der Waals surface area contributed by atoms with Crippen molar-refractivity contribution in [3.8, 4) is 0 Å². The van der Waals surface area contributed by atoms with Gasteiger partial charge in [0.15, 0.2) is 0 Å². The van der Waals surface area contributed by atoms with Crippen LogP contribution < -0.4 is 10.6 Å². The van der Waals surface area contributed by atoms with Crippen molar-refractivity contribution >= 4 is 27.9 Å². The Morgan fingerprint density at radius 3 is 2.57 bits per heavy atom. The van der Waals surface area contributed by atoms with Gasteiger partial charge in [-0.3, -0.25) is 4.79 Å². The van der Waals surface area contributed by atoms with E-state index in [4.69, 9.17) is 5.11 Å². The Kier molecular flexibility index (Phi) is 5.81. The van der Waals surface area contributed by atoms with E-state index in [1.165, 1.54) is 0 Å². The van der Waals surface area contributed by atoms with Gasteiger partial charge < -0.3 is 20.3 Å². The molecule has 0 aliphatic carbocycles. The van der Waals surface area contributed by atoms with E-state index in [1.54, 1.807) is 23.9 Å². The zero-order valence-electron chi connectivity index (χ0n) is 12.6. The molecule has 1 unspecified atom stereocenters. The van der Waals surface area contributed by atoms with E-state index in [-0.39, 0.29) is 18.5 Å². The number of hydrogen-bond acceptors (Lipinski definition) is 2. The fourth-order valence-electron chi connectivity index (χ4n) is 2.29. The number of aromatic nitrogens is 1. The van der Waals surface area contributed by atoms with Crippen LogP contribution >= 0.6 is 15.9 Å². The fourth-order valence-corrected chi connectivity index (χ4v) is 2.82. The number of benzene rings is 1. The number of aryl methyl sites for hydroxylation is 1. The first-order valence-electron chi connectivity index (χ1n) is 7.09. The SMILES string of the molecule is Cn1cc(Br)cc1C(=O)NC(CNC(=O)O)Cc1ccccc1. The summed E-state index contributed by atoms with van der Waals surface area (Å²) in [6, 6.07) is 11.0. The summed E-state index contributed by atoms with van der Waals surface area (Å²) in [5.41, 5.74) is 1.53. The predicted molar refractivity (Wildman–Crippen MR) is 90.5 cm³/mol. The second-order valence-corrected chi connectivity index (χ2v) is 6.12. The third-order valence-electron chi connectivity index (χ3n) is 3.36. The van der Waals surface area contributed by atoms with Gasteiger partial charge in [0, 0.05) is 24.3 Å². The Bertz CT molecular complexity index is 685. The van der Waals surface area contributed by atoms with Gasteiger partial charge in [0.25, 0.3) is 5.91 Å². The summed E-state index contributed by atoms with van der Waals surface area (Å²) in [5.74, 6) is -0.244. The summed E-state index contributed by atoms with van der Waals surface area (Å²) in [7, 11) is 1.78. The molecular formula is C16H18BrN3O3. The third-order valence-corrected chi connectivity index (χ3v) is 3.80. The van der Waals surface area contributed by atoms with E-state index >= 15 is 0 Å². The van der Waals surface area contributed by atoms with Crippen LogP contribution in [0.3, 0.4) is 0 Å². The lowest BCUT2D eigenvalue weighted by molar-refractivity contribution is 0.0927. The molecule has 0 aliphatic rings. The number of carbonyl (C=O) groups is 2. The van der Waals surface area contributed by atoms with Crippen molar-refractivity contribution in [3.05, 3.63) is 58.3 Å². The topological polar surface area (TPSA) is 83.4 Å². The van der Waals surface area contributed by atoms with E-state index in [9.17, 15) is 9.59 Å². The molecule has 0 bridgehead atoms. The standard InChI is InChI=1S/C16H18BrN3O3/c1-20-10-12(17)8-14(20)15(21)19-13(9-18-16(22)23)7-11-5-3-2-4-6-11/h2-6,8,10,13,18H,7,9H2,1H3,(H,19,21)(H,22,23). The Hall–Kier alpha value is -2.28. The lowest BCUT2D eigenvalue weighted by atomic mass is 10.1. The molecule has 3 N–H and O–H groups in total. The van der Waals surface area contributed by atoms with Gasteiger partial charge in [-0.2, -0.15) is 0 Å². The van der Waals surface area contributed by atoms with Crippen LogP contribution in [0.15, 0.2) is 47.1 Å². The highest BCUT2D eigenvalue weighted by molar-refractivity contribution is 9.10. The summed E-state index contributed by atoms with van der Waals surface area (Å²) in [6.07, 6.45) is 1.22. The maximum Gasteiger partial charge on any atom is 0.404 e. The number of rotatable bonds is 6. The van der Waals surface area contributed by atoms with Crippen LogP contribution in [-0.4, -0.2) is 34.3 Å². The summed E-state index contributed by atoms with van der Waals surface area (Å²) >= 11 is 3.33. The number of halogens is 1. The van der Waals surface area contributed by atoms with Gasteiger partial charge in [0.1, 0.15) is 5.69 Å². The summed E-state index contributed by atoms with van der Waals surface area (Å²) < 4.78 is 2.53. The molecule has 0 saturated heterocycles. The normalized spacial score (nSPS) is 11.7. The van der Waals surface area contributed by atoms with Crippen LogP contribution in [0.4, 0.5) is 4.79 Å². The molecule has 0 saturated carbocycles. The Balaban J connectivity index is 2.08. The van der Waals surface area contributed by atoms with E-state index in [2.05, 4.69) is 26.6 Å². The zero-order valence-corrected chi connectivity index (χ0v) is 14.2. The van der Waals surface area contributed by atoms with Crippen molar-refractivity contribution in [1.82, 2.24) is 15.2 Å². The fraction of sp³-hybridized carbons (Fsp3) is 0.250. The second kappa shape index (κ2) is 7.82. The molecule has 2 aromatic rings. The highest BCUT2D eigenvalue weighted by Gasteiger charge is 2.17. The molecule has 2 rings (SSSR count). The molecule has 2 amide bonds. The lowest BCUT2D eigenvalue weighted by Gasteiger charge is -2.19. The van der Waals surface area contributed by atoms with Crippen LogP contribution in [0.2, 0.25) is 0 Å². The monoisotopic (exact) mass is 379 g/mol. The van der Waals surface area contributed by atoms with Gasteiger partial charge in [-0.05, 0) is 34.0 Å². The number of hydrogen-bond donors (Lipinski definition) is 3. The quantitative estimate of drug-likeness (QED) is 0.720. The summed E-state index contributed by atoms with van der Waals surface area (Å²) in [5, 5.41) is 14.0. The Morgan fingerprint density at radius 1 is 1.30 bits per heavy atom. The van der Waals surface area contributed by atoms with E-state index in [0.29, 0.717) is 12.1 Å². The number of carboxylic acid groups (broad SMARTS) is 1. The van der Waals surface area contributed by atoms with Gasteiger partial charge in [0.2, 0.25) is 0 Å². The van der Waals surface area contributed by atoms with Crippen LogP contribution in [0.1, 0.15) is 16.1 Å². The molecule has 1 aromatic heterocycles. The molecule has 0 fully saturated rings. The minimum absolute atomic E-state index is 0.140. The van der Waals surface area contributed by atoms with Crippen molar-refractivity contribution < 1.29 is 14.7 Å². The molecule has 0 radical (unpaired) electrons. The Morgan fingerprint density at radius 2 is 2.00 bits per heavy atom. The number of nitrogens with zero attached hydrogens (tertiary/aromatic N) is 1. The highest BCUT2D eigenvalue weighted by Crippen LogP contribution is 2.14. The maximum atomic E-state index is 12.4. The van der Waals surface area contributed by atoms with E-state index in [0.717, 1.165) is 10.0 Å². The van der Waals surface area contributed by atoms with Crippen LogP contribution in [0.5, 0.6) is 0 Å². The molecule has 7 heteroatoms. The van der Waals surface area contributed by atoms with E-state index in [1.807, 2.05) is 30.3 Å². The first kappa shape index (κ1) is 17.1. The average molecular weight is 380 g/mol. The smallest absolute Gasteiger partial charge is 0.404 e.